The van der Waals surface area contributed by atoms with E-state index in [1.54, 1.807) is 0 Å². The second-order valence-corrected chi connectivity index (χ2v) is 21.7. The van der Waals surface area contributed by atoms with Gasteiger partial charge in [-0.2, -0.15) is 0 Å². The van der Waals surface area contributed by atoms with Gasteiger partial charge in [0.1, 0.15) is 11.2 Å². The Balaban J connectivity index is 0.968. The van der Waals surface area contributed by atoms with E-state index in [1.165, 1.54) is 20.2 Å². The summed E-state index contributed by atoms with van der Waals surface area (Å²) in [5.74, 6) is 1.72. The molecule has 0 saturated heterocycles. The second kappa shape index (κ2) is 19.1. The molecule has 0 aliphatic rings. The molecule has 16 rings (SSSR count). The lowest BCUT2D eigenvalue weighted by molar-refractivity contribution is 0.677. The second-order valence-electron chi connectivity index (χ2n) is 20.6. The summed E-state index contributed by atoms with van der Waals surface area (Å²) in [5.41, 5.74) is 18.4. The number of thiophene rings is 1. The van der Waals surface area contributed by atoms with Gasteiger partial charge < -0.3 is 8.98 Å². The van der Waals surface area contributed by atoms with E-state index in [9.17, 15) is 0 Å². The van der Waals surface area contributed by atoms with E-state index in [1.807, 2.05) is 17.4 Å². The third-order valence-electron chi connectivity index (χ3n) is 15.8. The fraction of sp³-hybridized carbons (Fsp3) is 0. The van der Waals surface area contributed by atoms with E-state index >= 15 is 0 Å². The molecule has 0 unspecified atom stereocenters. The fourth-order valence-corrected chi connectivity index (χ4v) is 13.1. The van der Waals surface area contributed by atoms with Gasteiger partial charge in [0.25, 0.3) is 0 Å². The van der Waals surface area contributed by atoms with Crippen molar-refractivity contribution in [2.45, 2.75) is 0 Å². The Kier molecular flexibility index (Phi) is 11.0. The van der Waals surface area contributed by atoms with Crippen LogP contribution in [0.15, 0.2) is 283 Å². The Morgan fingerprint density at radius 3 is 1.27 bits per heavy atom. The van der Waals surface area contributed by atoms with E-state index in [0.29, 0.717) is 17.5 Å². The van der Waals surface area contributed by atoms with Crippen molar-refractivity contribution in [1.82, 2.24) is 19.5 Å². The molecule has 0 bridgehead atoms. The van der Waals surface area contributed by atoms with Gasteiger partial charge in [-0.25, -0.2) is 15.0 Å². The molecule has 5 nitrogen and oxygen atoms in total. The maximum atomic E-state index is 7.27. The Morgan fingerprint density at radius 2 is 0.691 bits per heavy atom. The minimum atomic E-state index is 0.563. The first-order valence-corrected chi connectivity index (χ1v) is 28.1. The van der Waals surface area contributed by atoms with Gasteiger partial charge in [0.2, 0.25) is 0 Å². The topological polar surface area (TPSA) is 56.7 Å². The maximum Gasteiger partial charge on any atom is 0.164 e. The molecule has 12 aromatic carbocycles. The minimum absolute atomic E-state index is 0.563. The lowest BCUT2D eigenvalue weighted by atomic mass is 9.92. The van der Waals surface area contributed by atoms with Crippen molar-refractivity contribution >= 4 is 75.3 Å². The number of benzene rings is 12. The third-order valence-corrected chi connectivity index (χ3v) is 17.0. The van der Waals surface area contributed by atoms with Gasteiger partial charge in [-0.3, -0.25) is 0 Å². The molecule has 0 N–H and O–H groups in total. The van der Waals surface area contributed by atoms with Crippen molar-refractivity contribution in [3.63, 3.8) is 0 Å². The van der Waals surface area contributed by atoms with E-state index in [0.717, 1.165) is 122 Å². The van der Waals surface area contributed by atoms with Crippen molar-refractivity contribution in [3.05, 3.63) is 279 Å². The van der Waals surface area contributed by atoms with Gasteiger partial charge in [0.15, 0.2) is 17.5 Å². The SMILES string of the molecule is c1ccc(-c2ccc(-c3nc(-c4cc(-c5ccccc5)cc(-c5ccccc5)c4)nc(-c4cc(-c5ccccc5)c(-n5c6ccccc6c6c7oc8c(ccc9sc%10ccccc%10c98)c7ccc65)c(-c5ccccc5)c4)n3)cc2)cc1. The molecule has 0 radical (unpaired) electrons. The number of furan rings is 1. The van der Waals surface area contributed by atoms with Crippen molar-refractivity contribution < 1.29 is 4.42 Å². The molecular weight excluding hydrogens is 1000 g/mol. The smallest absolute Gasteiger partial charge is 0.164 e. The van der Waals surface area contributed by atoms with Gasteiger partial charge in [0.05, 0.1) is 22.1 Å². The number of rotatable bonds is 9. The van der Waals surface area contributed by atoms with Crippen LogP contribution < -0.4 is 0 Å². The van der Waals surface area contributed by atoms with Crippen LogP contribution in [0.3, 0.4) is 0 Å². The predicted octanol–water partition coefficient (Wildman–Crippen LogP) is 20.6. The molecular formula is C75H46N4OS. The number of fused-ring (bicyclic) bond motifs is 11. The highest BCUT2D eigenvalue weighted by molar-refractivity contribution is 7.26. The number of hydrogen-bond donors (Lipinski definition) is 0. The van der Waals surface area contributed by atoms with Crippen molar-refractivity contribution in [1.29, 1.82) is 0 Å². The monoisotopic (exact) mass is 1050 g/mol. The van der Waals surface area contributed by atoms with Crippen LogP contribution in [0.2, 0.25) is 0 Å². The highest BCUT2D eigenvalue weighted by atomic mass is 32.1. The average molecular weight is 1050 g/mol. The Hall–Kier alpha value is -10.5. The molecule has 6 heteroatoms. The van der Waals surface area contributed by atoms with E-state index in [2.05, 4.69) is 278 Å². The van der Waals surface area contributed by atoms with Crippen LogP contribution in [0.25, 0.3) is 159 Å². The first-order chi connectivity index (χ1) is 40.1. The van der Waals surface area contributed by atoms with Crippen LogP contribution >= 0.6 is 11.3 Å². The first kappa shape index (κ1) is 46.6. The summed E-state index contributed by atoms with van der Waals surface area (Å²) in [6, 6.07) is 99.3. The van der Waals surface area contributed by atoms with Gasteiger partial charge in [-0.15, -0.1) is 11.3 Å². The van der Waals surface area contributed by atoms with Gasteiger partial charge in [-0.05, 0) is 111 Å². The van der Waals surface area contributed by atoms with Gasteiger partial charge >= 0.3 is 0 Å². The zero-order valence-electron chi connectivity index (χ0n) is 43.7. The molecule has 4 heterocycles. The van der Waals surface area contributed by atoms with E-state index < -0.39 is 0 Å². The Bertz CT molecular complexity index is 4950. The molecule has 16 aromatic rings. The number of hydrogen-bond acceptors (Lipinski definition) is 5. The van der Waals surface area contributed by atoms with Gasteiger partial charge in [-0.1, -0.05) is 212 Å². The quantitative estimate of drug-likeness (QED) is 0.145. The summed E-state index contributed by atoms with van der Waals surface area (Å²) in [6.07, 6.45) is 0. The number of aromatic nitrogens is 4. The molecule has 4 aromatic heterocycles. The normalized spacial score (nSPS) is 11.7. The summed E-state index contributed by atoms with van der Waals surface area (Å²) >= 11 is 1.81. The first-order valence-electron chi connectivity index (χ1n) is 27.3. The molecule has 0 atom stereocenters. The van der Waals surface area contributed by atoms with E-state index in [-0.39, 0.29) is 0 Å². The van der Waals surface area contributed by atoms with Crippen LogP contribution in [0, 0.1) is 0 Å². The third kappa shape index (κ3) is 7.95. The van der Waals surface area contributed by atoms with Crippen LogP contribution in [0.5, 0.6) is 0 Å². The summed E-state index contributed by atoms with van der Waals surface area (Å²) in [7, 11) is 0. The fourth-order valence-electron chi connectivity index (χ4n) is 12.0. The Labute approximate surface area is 471 Å². The van der Waals surface area contributed by atoms with E-state index in [4.69, 9.17) is 19.4 Å². The van der Waals surface area contributed by atoms with Crippen molar-refractivity contribution in [3.8, 4) is 95.5 Å². The highest BCUT2D eigenvalue weighted by Crippen LogP contribution is 2.48. The molecule has 0 fully saturated rings. The molecule has 0 spiro atoms. The summed E-state index contributed by atoms with van der Waals surface area (Å²) in [6.45, 7) is 0. The lowest BCUT2D eigenvalue weighted by Crippen LogP contribution is -2.04. The molecule has 0 saturated carbocycles. The van der Waals surface area contributed by atoms with Crippen LogP contribution in [0.4, 0.5) is 0 Å². The number of para-hydroxylation sites is 1. The summed E-state index contributed by atoms with van der Waals surface area (Å²) in [5, 5.41) is 6.79. The predicted molar refractivity (Wildman–Crippen MR) is 338 cm³/mol. The Morgan fingerprint density at radius 1 is 0.272 bits per heavy atom. The number of nitrogens with zero attached hydrogens (tertiary/aromatic N) is 4. The molecule has 0 aliphatic carbocycles. The van der Waals surface area contributed by atoms with Crippen LogP contribution in [-0.4, -0.2) is 19.5 Å². The van der Waals surface area contributed by atoms with Crippen LogP contribution in [-0.2, 0) is 0 Å². The van der Waals surface area contributed by atoms with Crippen molar-refractivity contribution in [2.75, 3.05) is 0 Å². The highest BCUT2D eigenvalue weighted by Gasteiger charge is 2.26. The van der Waals surface area contributed by atoms with Crippen LogP contribution in [0.1, 0.15) is 0 Å². The molecule has 0 aliphatic heterocycles. The summed E-state index contributed by atoms with van der Waals surface area (Å²) < 4.78 is 12.2. The van der Waals surface area contributed by atoms with Gasteiger partial charge in [0, 0.05) is 64.1 Å². The average Bonchev–Trinajstić information content (AvgIpc) is 3.84. The zero-order valence-corrected chi connectivity index (χ0v) is 44.5. The maximum absolute atomic E-state index is 7.27. The lowest BCUT2D eigenvalue weighted by Gasteiger charge is -2.21. The molecule has 0 amide bonds. The largest absolute Gasteiger partial charge is 0.455 e. The summed E-state index contributed by atoms with van der Waals surface area (Å²) in [4.78, 5) is 16.4. The van der Waals surface area contributed by atoms with Crippen molar-refractivity contribution in [2.24, 2.45) is 0 Å². The minimum Gasteiger partial charge on any atom is -0.455 e. The standard InChI is InChI=1S/C75H46N4OS/c1-6-20-47(21-7-1)50-34-36-53(37-35-50)73-76-74(56-43-54(48-22-8-2-9-23-48)42-55(44-56)49-24-10-3-11-25-49)78-75(77-73)57-45-62(51-26-12-4-13-27-51)70(63(46-57)52-28-14-5-15-29-52)79-64-32-18-16-30-60(64)68-65(79)40-38-58-59-39-41-67-69(72(59)80-71(58)68)61-31-17-19-33-66(61)81-67/h1-46H. The zero-order chi connectivity index (χ0) is 53.4. The molecule has 378 valence electrons. The molecule has 81 heavy (non-hydrogen) atoms.